The number of likely N-dealkylation sites (tertiary alicyclic amines) is 1. The summed E-state index contributed by atoms with van der Waals surface area (Å²) < 4.78 is 8.13. The highest BCUT2D eigenvalue weighted by Gasteiger charge is 2.46. The first-order valence-electron chi connectivity index (χ1n) is 10.4. The van der Waals surface area contributed by atoms with E-state index < -0.39 is 0 Å². The molecule has 0 bridgehead atoms. The van der Waals surface area contributed by atoms with Gasteiger partial charge in [0, 0.05) is 25.9 Å². The summed E-state index contributed by atoms with van der Waals surface area (Å²) in [6.45, 7) is 7.65. The van der Waals surface area contributed by atoms with Gasteiger partial charge >= 0.3 is 0 Å². The molecule has 2 atom stereocenters. The Morgan fingerprint density at radius 1 is 1.21 bits per heavy atom. The van der Waals surface area contributed by atoms with Crippen molar-refractivity contribution in [3.05, 3.63) is 42.2 Å². The monoisotopic (exact) mass is 398 g/mol. The smallest absolute Gasteiger partial charge is 0.276 e. The lowest BCUT2D eigenvalue weighted by atomic mass is 9.76. The molecule has 1 amide bonds. The molecule has 2 aliphatic heterocycles. The van der Waals surface area contributed by atoms with E-state index in [-0.39, 0.29) is 29.1 Å². The van der Waals surface area contributed by atoms with E-state index in [2.05, 4.69) is 31.1 Å². The molecular formula is C22H30N4O3. The van der Waals surface area contributed by atoms with Crippen molar-refractivity contribution in [2.45, 2.75) is 64.3 Å². The molecule has 3 heterocycles. The highest BCUT2D eigenvalue weighted by atomic mass is 16.5. The van der Waals surface area contributed by atoms with Gasteiger partial charge in [-0.3, -0.25) is 4.79 Å². The van der Waals surface area contributed by atoms with Crippen LogP contribution in [-0.4, -0.2) is 61.8 Å². The third-order valence-corrected chi connectivity index (χ3v) is 6.15. The summed E-state index contributed by atoms with van der Waals surface area (Å²) in [6.07, 6.45) is 4.14. The molecule has 0 unspecified atom stereocenters. The van der Waals surface area contributed by atoms with E-state index in [1.807, 2.05) is 35.2 Å². The van der Waals surface area contributed by atoms with Gasteiger partial charge in [0.05, 0.1) is 29.7 Å². The highest BCUT2D eigenvalue weighted by Crippen LogP contribution is 2.42. The molecule has 2 aromatic rings. The number of hydrogen-bond donors (Lipinski definition) is 1. The zero-order valence-electron chi connectivity index (χ0n) is 17.4. The first kappa shape index (κ1) is 20.0. The molecule has 2 saturated heterocycles. The topological polar surface area (TPSA) is 80.5 Å². The summed E-state index contributed by atoms with van der Waals surface area (Å²) in [4.78, 5) is 14.7. The summed E-state index contributed by atoms with van der Waals surface area (Å²) >= 11 is 0. The number of aliphatic hydroxyl groups is 1. The zero-order chi connectivity index (χ0) is 20.6. The fraction of sp³-hybridized carbons (Fsp3) is 0.591. The predicted octanol–water partition coefficient (Wildman–Crippen LogP) is 2.83. The molecule has 2 aliphatic rings. The van der Waals surface area contributed by atoms with Gasteiger partial charge in [0.25, 0.3) is 5.91 Å². The SMILES string of the molecule is CC(C)(C)[C@H]1C[C@@H](O)CC2(CCN(C(=O)c3cn(-c4ccccc4)nn3)CC2)O1. The minimum atomic E-state index is -0.346. The van der Waals surface area contributed by atoms with E-state index in [1.165, 1.54) is 0 Å². The number of aliphatic hydroxyl groups excluding tert-OH is 1. The van der Waals surface area contributed by atoms with Crippen LogP contribution in [0.5, 0.6) is 0 Å². The number of rotatable bonds is 2. The van der Waals surface area contributed by atoms with Crippen molar-refractivity contribution in [1.29, 1.82) is 0 Å². The van der Waals surface area contributed by atoms with Gasteiger partial charge < -0.3 is 14.7 Å². The minimum Gasteiger partial charge on any atom is -0.393 e. The second-order valence-corrected chi connectivity index (χ2v) is 9.43. The quantitative estimate of drug-likeness (QED) is 0.841. The lowest BCUT2D eigenvalue weighted by Gasteiger charge is -2.50. The van der Waals surface area contributed by atoms with Gasteiger partial charge in [0.1, 0.15) is 0 Å². The number of nitrogens with zero attached hydrogens (tertiary/aromatic N) is 4. The fourth-order valence-corrected chi connectivity index (χ4v) is 4.36. The van der Waals surface area contributed by atoms with Crippen molar-refractivity contribution in [2.75, 3.05) is 13.1 Å². The maximum atomic E-state index is 12.9. The third-order valence-electron chi connectivity index (χ3n) is 6.15. The summed E-state index contributed by atoms with van der Waals surface area (Å²) in [5.41, 5.74) is 0.863. The number of ether oxygens (including phenoxy) is 1. The van der Waals surface area contributed by atoms with Gasteiger partial charge in [-0.05, 0) is 30.4 Å². The van der Waals surface area contributed by atoms with Crippen molar-refractivity contribution in [2.24, 2.45) is 5.41 Å². The van der Waals surface area contributed by atoms with Gasteiger partial charge in [-0.15, -0.1) is 5.10 Å². The molecule has 0 saturated carbocycles. The molecular weight excluding hydrogens is 368 g/mol. The van der Waals surface area contributed by atoms with E-state index >= 15 is 0 Å². The average molecular weight is 399 g/mol. The van der Waals surface area contributed by atoms with Gasteiger partial charge in [-0.1, -0.05) is 44.2 Å². The number of hydrogen-bond acceptors (Lipinski definition) is 5. The Morgan fingerprint density at radius 3 is 2.55 bits per heavy atom. The molecule has 0 aliphatic carbocycles. The first-order chi connectivity index (χ1) is 13.8. The Hall–Kier alpha value is -2.25. The second kappa shape index (κ2) is 7.54. The average Bonchev–Trinajstić information content (AvgIpc) is 3.18. The van der Waals surface area contributed by atoms with E-state index in [0.717, 1.165) is 18.5 Å². The Labute approximate surface area is 171 Å². The predicted molar refractivity (Wildman–Crippen MR) is 109 cm³/mol. The lowest BCUT2D eigenvalue weighted by molar-refractivity contribution is -0.205. The first-order valence-corrected chi connectivity index (χ1v) is 10.4. The van der Waals surface area contributed by atoms with Crippen LogP contribution in [-0.2, 0) is 4.74 Å². The zero-order valence-corrected chi connectivity index (χ0v) is 17.4. The van der Waals surface area contributed by atoms with Gasteiger partial charge in [0.15, 0.2) is 5.69 Å². The molecule has 2 fully saturated rings. The fourth-order valence-electron chi connectivity index (χ4n) is 4.36. The van der Waals surface area contributed by atoms with E-state index in [4.69, 9.17) is 4.74 Å². The summed E-state index contributed by atoms with van der Waals surface area (Å²) in [5, 5.41) is 18.6. The Balaban J connectivity index is 1.42. The van der Waals surface area contributed by atoms with Crippen LogP contribution in [0.25, 0.3) is 5.69 Å². The van der Waals surface area contributed by atoms with Crippen LogP contribution < -0.4 is 0 Å². The summed E-state index contributed by atoms with van der Waals surface area (Å²) in [6, 6.07) is 9.62. The highest BCUT2D eigenvalue weighted by molar-refractivity contribution is 5.92. The molecule has 1 spiro atoms. The van der Waals surface area contributed by atoms with Crippen LogP contribution in [0, 0.1) is 5.41 Å². The van der Waals surface area contributed by atoms with Crippen LogP contribution in [0.1, 0.15) is 56.9 Å². The van der Waals surface area contributed by atoms with Gasteiger partial charge in [-0.25, -0.2) is 4.68 Å². The molecule has 1 N–H and O–H groups in total. The van der Waals surface area contributed by atoms with Gasteiger partial charge in [0.2, 0.25) is 0 Å². The third kappa shape index (κ3) is 4.21. The van der Waals surface area contributed by atoms with E-state index in [9.17, 15) is 9.90 Å². The molecule has 29 heavy (non-hydrogen) atoms. The Morgan fingerprint density at radius 2 is 1.90 bits per heavy atom. The number of amides is 1. The van der Waals surface area contributed by atoms with Crippen molar-refractivity contribution < 1.29 is 14.6 Å². The van der Waals surface area contributed by atoms with Crippen molar-refractivity contribution in [3.63, 3.8) is 0 Å². The van der Waals surface area contributed by atoms with Gasteiger partial charge in [-0.2, -0.15) is 0 Å². The number of carbonyl (C=O) groups is 1. The Bertz CT molecular complexity index is 850. The maximum Gasteiger partial charge on any atom is 0.276 e. The Kier molecular flexibility index (Phi) is 5.21. The van der Waals surface area contributed by atoms with Crippen molar-refractivity contribution >= 4 is 5.91 Å². The number of para-hydroxylation sites is 1. The molecule has 4 rings (SSSR count). The largest absolute Gasteiger partial charge is 0.393 e. The number of aromatic nitrogens is 3. The molecule has 7 heteroatoms. The van der Waals surface area contributed by atoms with Crippen LogP contribution in [0.15, 0.2) is 36.5 Å². The molecule has 0 radical (unpaired) electrons. The number of benzene rings is 1. The maximum absolute atomic E-state index is 12.9. The number of piperidine rings is 1. The van der Waals surface area contributed by atoms with Crippen molar-refractivity contribution in [3.8, 4) is 5.69 Å². The lowest BCUT2D eigenvalue weighted by Crippen LogP contribution is -2.55. The van der Waals surface area contributed by atoms with E-state index in [0.29, 0.717) is 31.6 Å². The minimum absolute atomic E-state index is 0.0166. The van der Waals surface area contributed by atoms with Crippen molar-refractivity contribution in [1.82, 2.24) is 19.9 Å². The molecule has 7 nitrogen and oxygen atoms in total. The molecule has 1 aromatic heterocycles. The van der Waals surface area contributed by atoms with E-state index in [1.54, 1.807) is 10.9 Å². The standard InChI is InChI=1S/C22H30N4O3/c1-21(2,3)19-13-17(27)14-22(29-19)9-11-25(12-10-22)20(28)18-15-26(24-23-18)16-7-5-4-6-8-16/h4-8,15,17,19,27H,9-14H2,1-3H3/t17-,19-/m1/s1. The van der Waals surface area contributed by atoms with Crippen LogP contribution in [0.4, 0.5) is 0 Å². The number of carbonyl (C=O) groups excluding carboxylic acids is 1. The molecule has 1 aromatic carbocycles. The molecule has 156 valence electrons. The second-order valence-electron chi connectivity index (χ2n) is 9.43. The summed E-state index contributed by atoms with van der Waals surface area (Å²) in [5.74, 6) is -0.106. The van der Waals surface area contributed by atoms with Crippen LogP contribution >= 0.6 is 0 Å². The van der Waals surface area contributed by atoms with Crippen LogP contribution in [0.2, 0.25) is 0 Å². The normalized spacial score (nSPS) is 24.6. The summed E-state index contributed by atoms with van der Waals surface area (Å²) in [7, 11) is 0. The van der Waals surface area contributed by atoms with Crippen LogP contribution in [0.3, 0.4) is 0 Å².